The smallest absolute Gasteiger partial charge is 0.256 e. The zero-order chi connectivity index (χ0) is 21.8. The van der Waals surface area contributed by atoms with E-state index >= 15 is 0 Å². The summed E-state index contributed by atoms with van der Waals surface area (Å²) in [5.41, 5.74) is 4.33. The summed E-state index contributed by atoms with van der Waals surface area (Å²) in [5, 5.41) is 6.10. The van der Waals surface area contributed by atoms with Crippen molar-refractivity contribution in [2.45, 2.75) is 6.42 Å². The first kappa shape index (κ1) is 19.7. The van der Waals surface area contributed by atoms with Gasteiger partial charge in [-0.15, -0.1) is 0 Å². The van der Waals surface area contributed by atoms with Gasteiger partial charge >= 0.3 is 0 Å². The maximum atomic E-state index is 13.6. The molecule has 3 heteroatoms. The van der Waals surface area contributed by atoms with Crippen LogP contribution in [-0.4, -0.2) is 10.9 Å². The number of nitrogens with one attached hydrogen (secondary N) is 1. The SMILES string of the molecule is O=C(Nc1cccc2cccnc12)c1c(C/C=C/c2ccccc2)ccc2ccccc12. The molecule has 5 rings (SSSR count). The minimum absolute atomic E-state index is 0.122. The third kappa shape index (κ3) is 4.01. The molecule has 32 heavy (non-hydrogen) atoms. The summed E-state index contributed by atoms with van der Waals surface area (Å²) in [4.78, 5) is 18.0. The summed E-state index contributed by atoms with van der Waals surface area (Å²) in [5.74, 6) is -0.122. The summed E-state index contributed by atoms with van der Waals surface area (Å²) >= 11 is 0. The number of pyridine rings is 1. The van der Waals surface area contributed by atoms with Gasteiger partial charge in [-0.05, 0) is 40.5 Å². The normalized spacial score (nSPS) is 11.2. The molecule has 154 valence electrons. The molecule has 0 spiro atoms. The molecule has 1 amide bonds. The van der Waals surface area contributed by atoms with E-state index in [-0.39, 0.29) is 5.91 Å². The molecule has 1 heterocycles. The summed E-state index contributed by atoms with van der Waals surface area (Å²) in [6, 6.07) is 32.0. The third-order valence-electron chi connectivity index (χ3n) is 5.57. The van der Waals surface area contributed by atoms with E-state index in [1.807, 2.05) is 78.9 Å². The molecular formula is C29H22N2O. The van der Waals surface area contributed by atoms with Gasteiger partial charge < -0.3 is 5.32 Å². The summed E-state index contributed by atoms with van der Waals surface area (Å²) in [7, 11) is 0. The molecular weight excluding hydrogens is 392 g/mol. The number of allylic oxidation sites excluding steroid dienone is 1. The van der Waals surface area contributed by atoms with Crippen LogP contribution in [0.25, 0.3) is 27.8 Å². The van der Waals surface area contributed by atoms with Crippen LogP contribution in [0.3, 0.4) is 0 Å². The minimum atomic E-state index is -0.122. The molecule has 3 nitrogen and oxygen atoms in total. The Morgan fingerprint density at radius 1 is 0.781 bits per heavy atom. The quantitative estimate of drug-likeness (QED) is 0.340. The number of benzene rings is 4. The Kier molecular flexibility index (Phi) is 5.46. The van der Waals surface area contributed by atoms with E-state index in [0.29, 0.717) is 17.7 Å². The van der Waals surface area contributed by atoms with Crippen LogP contribution in [0.4, 0.5) is 5.69 Å². The highest BCUT2D eigenvalue weighted by Gasteiger charge is 2.16. The molecule has 0 aliphatic carbocycles. The fourth-order valence-corrected chi connectivity index (χ4v) is 4.03. The lowest BCUT2D eigenvalue weighted by atomic mass is 9.96. The molecule has 0 unspecified atom stereocenters. The van der Waals surface area contributed by atoms with Gasteiger partial charge in [-0.1, -0.05) is 97.1 Å². The van der Waals surface area contributed by atoms with E-state index in [2.05, 4.69) is 40.7 Å². The number of aromatic nitrogens is 1. The minimum Gasteiger partial charge on any atom is -0.320 e. The standard InChI is InChI=1S/C29H22N2O/c32-29(31-26-17-7-14-24-15-8-20-30-28(24)26)27-23(13-6-11-21-9-2-1-3-10-21)19-18-22-12-4-5-16-25(22)27/h1-12,14-20H,13H2,(H,31,32)/b11-6+. The van der Waals surface area contributed by atoms with Crippen LogP contribution >= 0.6 is 0 Å². The average Bonchev–Trinajstić information content (AvgIpc) is 2.84. The van der Waals surface area contributed by atoms with Crippen molar-refractivity contribution in [1.82, 2.24) is 4.98 Å². The van der Waals surface area contributed by atoms with Gasteiger partial charge in [0.05, 0.1) is 16.8 Å². The van der Waals surface area contributed by atoms with Gasteiger partial charge in [-0.25, -0.2) is 0 Å². The van der Waals surface area contributed by atoms with Crippen molar-refractivity contribution in [3.63, 3.8) is 0 Å². The molecule has 4 aromatic carbocycles. The number of fused-ring (bicyclic) bond motifs is 2. The Morgan fingerprint density at radius 3 is 2.47 bits per heavy atom. The Morgan fingerprint density at radius 2 is 1.56 bits per heavy atom. The molecule has 1 aromatic heterocycles. The number of anilines is 1. The molecule has 0 fully saturated rings. The highest BCUT2D eigenvalue weighted by molar-refractivity contribution is 6.15. The first-order valence-corrected chi connectivity index (χ1v) is 10.7. The van der Waals surface area contributed by atoms with Crippen LogP contribution in [0.15, 0.2) is 109 Å². The fourth-order valence-electron chi connectivity index (χ4n) is 4.03. The van der Waals surface area contributed by atoms with Crippen molar-refractivity contribution in [3.8, 4) is 0 Å². The van der Waals surface area contributed by atoms with E-state index in [1.54, 1.807) is 6.20 Å². The van der Waals surface area contributed by atoms with E-state index < -0.39 is 0 Å². The van der Waals surface area contributed by atoms with Crippen LogP contribution < -0.4 is 5.32 Å². The van der Waals surface area contributed by atoms with Crippen molar-refractivity contribution in [1.29, 1.82) is 0 Å². The number of rotatable bonds is 5. The zero-order valence-electron chi connectivity index (χ0n) is 17.5. The van der Waals surface area contributed by atoms with Crippen LogP contribution in [0.5, 0.6) is 0 Å². The average molecular weight is 415 g/mol. The van der Waals surface area contributed by atoms with Crippen molar-refractivity contribution in [2.24, 2.45) is 0 Å². The summed E-state index contributed by atoms with van der Waals surface area (Å²) in [6.07, 6.45) is 6.60. The maximum Gasteiger partial charge on any atom is 0.256 e. The Balaban J connectivity index is 1.53. The Hall–Kier alpha value is -4.24. The maximum absolute atomic E-state index is 13.6. The lowest BCUT2D eigenvalue weighted by molar-refractivity contribution is 0.102. The van der Waals surface area contributed by atoms with Crippen molar-refractivity contribution >= 4 is 39.3 Å². The zero-order valence-corrected chi connectivity index (χ0v) is 17.5. The van der Waals surface area contributed by atoms with E-state index in [0.717, 1.165) is 32.8 Å². The molecule has 0 saturated heterocycles. The molecule has 0 radical (unpaired) electrons. The predicted molar refractivity (Wildman–Crippen MR) is 133 cm³/mol. The number of nitrogens with zero attached hydrogens (tertiary/aromatic N) is 1. The van der Waals surface area contributed by atoms with E-state index in [9.17, 15) is 4.79 Å². The van der Waals surface area contributed by atoms with Crippen molar-refractivity contribution in [3.05, 3.63) is 126 Å². The van der Waals surface area contributed by atoms with Crippen LogP contribution in [0.2, 0.25) is 0 Å². The molecule has 0 aliphatic heterocycles. The molecule has 0 saturated carbocycles. The number of amides is 1. The second-order valence-corrected chi connectivity index (χ2v) is 7.67. The van der Waals surface area contributed by atoms with E-state index in [1.165, 1.54) is 0 Å². The van der Waals surface area contributed by atoms with Gasteiger partial charge in [-0.3, -0.25) is 9.78 Å². The number of hydrogen-bond acceptors (Lipinski definition) is 2. The van der Waals surface area contributed by atoms with Gasteiger partial charge in [0.15, 0.2) is 0 Å². The second-order valence-electron chi connectivity index (χ2n) is 7.67. The number of carbonyl (C=O) groups is 1. The first-order chi connectivity index (χ1) is 15.8. The molecule has 0 aliphatic rings. The number of para-hydroxylation sites is 1. The van der Waals surface area contributed by atoms with Crippen molar-refractivity contribution < 1.29 is 4.79 Å². The molecule has 1 N–H and O–H groups in total. The second kappa shape index (κ2) is 8.86. The Labute approximate surface area is 187 Å². The molecule has 0 atom stereocenters. The largest absolute Gasteiger partial charge is 0.320 e. The highest BCUT2D eigenvalue weighted by atomic mass is 16.1. The van der Waals surface area contributed by atoms with Gasteiger partial charge in [0.25, 0.3) is 5.91 Å². The van der Waals surface area contributed by atoms with Crippen LogP contribution in [-0.2, 0) is 6.42 Å². The monoisotopic (exact) mass is 414 g/mol. The first-order valence-electron chi connectivity index (χ1n) is 10.7. The van der Waals surface area contributed by atoms with Gasteiger partial charge in [0, 0.05) is 11.6 Å². The van der Waals surface area contributed by atoms with Crippen LogP contribution in [0, 0.1) is 0 Å². The van der Waals surface area contributed by atoms with Gasteiger partial charge in [0.1, 0.15) is 0 Å². The topological polar surface area (TPSA) is 42.0 Å². The van der Waals surface area contributed by atoms with Gasteiger partial charge in [0.2, 0.25) is 0 Å². The summed E-state index contributed by atoms with van der Waals surface area (Å²) < 4.78 is 0. The van der Waals surface area contributed by atoms with E-state index in [4.69, 9.17) is 0 Å². The lowest BCUT2D eigenvalue weighted by Crippen LogP contribution is -2.15. The number of carbonyl (C=O) groups excluding carboxylic acids is 1. The predicted octanol–water partition coefficient (Wildman–Crippen LogP) is 6.90. The third-order valence-corrected chi connectivity index (χ3v) is 5.57. The van der Waals surface area contributed by atoms with Crippen molar-refractivity contribution in [2.75, 3.05) is 5.32 Å². The fraction of sp³-hybridized carbons (Fsp3) is 0.0345. The van der Waals surface area contributed by atoms with Crippen LogP contribution in [0.1, 0.15) is 21.5 Å². The Bertz CT molecular complexity index is 1430. The molecule has 0 bridgehead atoms. The number of hydrogen-bond donors (Lipinski definition) is 1. The molecule has 5 aromatic rings. The van der Waals surface area contributed by atoms with Gasteiger partial charge in [-0.2, -0.15) is 0 Å². The highest BCUT2D eigenvalue weighted by Crippen LogP contribution is 2.27. The lowest BCUT2D eigenvalue weighted by Gasteiger charge is -2.13. The summed E-state index contributed by atoms with van der Waals surface area (Å²) in [6.45, 7) is 0.